The topological polar surface area (TPSA) is 60.3 Å². The van der Waals surface area contributed by atoms with E-state index in [9.17, 15) is 14.0 Å². The van der Waals surface area contributed by atoms with Gasteiger partial charge in [0, 0.05) is 24.9 Å². The molecule has 2 rings (SSSR count). The van der Waals surface area contributed by atoms with Gasteiger partial charge in [0.05, 0.1) is 6.54 Å². The number of hydrogen-bond donors (Lipinski definition) is 1. The number of para-hydroxylation sites is 1. The minimum atomic E-state index is -0.441. The Morgan fingerprint density at radius 2 is 2.09 bits per heavy atom. The molecular weight excluding hydrogens is 299 g/mol. The first-order chi connectivity index (χ1) is 11.0. The summed E-state index contributed by atoms with van der Waals surface area (Å²) in [6.45, 7) is 2.11. The minimum absolute atomic E-state index is 0.155. The Labute approximate surface area is 133 Å². The van der Waals surface area contributed by atoms with Gasteiger partial charge in [-0.15, -0.1) is 0 Å². The highest BCUT2D eigenvalue weighted by Gasteiger charge is 2.13. The molecule has 1 aromatic carbocycles. The summed E-state index contributed by atoms with van der Waals surface area (Å²) in [5.41, 5.74) is 0.0288. The SMILES string of the molecule is CC[C@@H](CNC(=O)c1ccn(C)c(=O)c1)Oc1ccccc1F. The van der Waals surface area contributed by atoms with Crippen molar-refractivity contribution in [2.75, 3.05) is 6.54 Å². The number of ether oxygens (including phenoxy) is 1. The lowest BCUT2D eigenvalue weighted by Gasteiger charge is -2.18. The number of pyridine rings is 1. The predicted molar refractivity (Wildman–Crippen MR) is 85.1 cm³/mol. The zero-order valence-electron chi connectivity index (χ0n) is 13.1. The third-order valence-electron chi connectivity index (χ3n) is 3.44. The van der Waals surface area contributed by atoms with Gasteiger partial charge in [0.1, 0.15) is 6.10 Å². The third-order valence-corrected chi connectivity index (χ3v) is 3.44. The number of aryl methyl sites for hydroxylation is 1. The van der Waals surface area contributed by atoms with Crippen LogP contribution < -0.4 is 15.6 Å². The van der Waals surface area contributed by atoms with E-state index < -0.39 is 5.82 Å². The Kier molecular flexibility index (Phi) is 5.51. The van der Waals surface area contributed by atoms with Gasteiger partial charge < -0.3 is 14.6 Å². The molecule has 0 bridgehead atoms. The summed E-state index contributed by atoms with van der Waals surface area (Å²) >= 11 is 0. The number of nitrogens with zero attached hydrogens (tertiary/aromatic N) is 1. The van der Waals surface area contributed by atoms with E-state index in [-0.39, 0.29) is 35.4 Å². The van der Waals surface area contributed by atoms with Gasteiger partial charge in [-0.1, -0.05) is 19.1 Å². The Hall–Kier alpha value is -2.63. The van der Waals surface area contributed by atoms with Gasteiger partial charge in [-0.2, -0.15) is 0 Å². The van der Waals surface area contributed by atoms with E-state index in [0.717, 1.165) is 0 Å². The molecule has 1 atom stereocenters. The van der Waals surface area contributed by atoms with E-state index in [2.05, 4.69) is 5.32 Å². The molecule has 6 heteroatoms. The van der Waals surface area contributed by atoms with Gasteiger partial charge in [-0.25, -0.2) is 4.39 Å². The highest BCUT2D eigenvalue weighted by atomic mass is 19.1. The van der Waals surface area contributed by atoms with Gasteiger partial charge in [0.15, 0.2) is 11.6 Å². The largest absolute Gasteiger partial charge is 0.486 e. The smallest absolute Gasteiger partial charge is 0.251 e. The van der Waals surface area contributed by atoms with Crippen molar-refractivity contribution in [3.63, 3.8) is 0 Å². The summed E-state index contributed by atoms with van der Waals surface area (Å²) in [7, 11) is 1.61. The summed E-state index contributed by atoms with van der Waals surface area (Å²) < 4.78 is 20.5. The van der Waals surface area contributed by atoms with E-state index in [1.54, 1.807) is 31.3 Å². The fourth-order valence-electron chi connectivity index (χ4n) is 1.99. The van der Waals surface area contributed by atoms with E-state index in [0.29, 0.717) is 6.42 Å². The molecule has 122 valence electrons. The van der Waals surface area contributed by atoms with Crippen LogP contribution in [0.5, 0.6) is 5.75 Å². The molecule has 0 saturated heterocycles. The number of hydrogen-bond acceptors (Lipinski definition) is 3. The third kappa shape index (κ3) is 4.42. The molecule has 0 saturated carbocycles. The molecule has 5 nitrogen and oxygen atoms in total. The van der Waals surface area contributed by atoms with Crippen LogP contribution in [0.1, 0.15) is 23.7 Å². The molecule has 0 spiro atoms. The Morgan fingerprint density at radius 1 is 1.35 bits per heavy atom. The predicted octanol–water partition coefficient (Wildman–Crippen LogP) is 2.11. The second-order valence-corrected chi connectivity index (χ2v) is 5.15. The Morgan fingerprint density at radius 3 is 2.74 bits per heavy atom. The lowest BCUT2D eigenvalue weighted by molar-refractivity contribution is 0.0924. The first-order valence-electron chi connectivity index (χ1n) is 7.37. The van der Waals surface area contributed by atoms with Crippen molar-refractivity contribution in [3.8, 4) is 5.75 Å². The molecule has 0 fully saturated rings. The van der Waals surface area contributed by atoms with Gasteiger partial charge in [-0.05, 0) is 24.6 Å². The zero-order valence-corrected chi connectivity index (χ0v) is 13.1. The lowest BCUT2D eigenvalue weighted by Crippen LogP contribution is -2.35. The molecule has 0 radical (unpaired) electrons. The molecule has 2 aromatic rings. The number of rotatable bonds is 6. The molecule has 1 aromatic heterocycles. The summed E-state index contributed by atoms with van der Waals surface area (Å²) in [5.74, 6) is -0.649. The molecule has 0 aliphatic rings. The first-order valence-corrected chi connectivity index (χ1v) is 7.37. The van der Waals surface area contributed by atoms with Gasteiger partial charge in [0.25, 0.3) is 11.5 Å². The molecule has 0 aliphatic carbocycles. The number of amides is 1. The Bertz CT molecular complexity index is 743. The number of benzene rings is 1. The summed E-state index contributed by atoms with van der Waals surface area (Å²) in [4.78, 5) is 23.6. The average Bonchev–Trinajstić information content (AvgIpc) is 2.55. The maximum Gasteiger partial charge on any atom is 0.251 e. The van der Waals surface area contributed by atoms with Gasteiger partial charge in [0.2, 0.25) is 0 Å². The van der Waals surface area contributed by atoms with Crippen molar-refractivity contribution < 1.29 is 13.9 Å². The number of aromatic nitrogens is 1. The number of carbonyl (C=O) groups excluding carboxylic acids is 1. The van der Waals surface area contributed by atoms with Crippen LogP contribution in [0, 0.1) is 5.82 Å². The van der Waals surface area contributed by atoms with Crippen LogP contribution in [0.25, 0.3) is 0 Å². The standard InChI is InChI=1S/C17H19FN2O3/c1-3-13(23-15-7-5-4-6-14(15)18)11-19-17(22)12-8-9-20(2)16(21)10-12/h4-10,13H,3,11H2,1-2H3,(H,19,22)/t13-/m0/s1. The summed E-state index contributed by atoms with van der Waals surface area (Å²) in [6, 6.07) is 8.97. The summed E-state index contributed by atoms with van der Waals surface area (Å²) in [6.07, 6.45) is 1.78. The van der Waals surface area contributed by atoms with E-state index in [4.69, 9.17) is 4.74 Å². The number of nitrogens with one attached hydrogen (secondary N) is 1. The van der Waals surface area contributed by atoms with Crippen LogP contribution in [0.15, 0.2) is 47.4 Å². The van der Waals surface area contributed by atoms with Gasteiger partial charge >= 0.3 is 0 Å². The van der Waals surface area contributed by atoms with Crippen LogP contribution in [0.4, 0.5) is 4.39 Å². The van der Waals surface area contributed by atoms with E-state index in [1.165, 1.54) is 22.9 Å². The fourth-order valence-corrected chi connectivity index (χ4v) is 1.99. The normalized spacial score (nSPS) is 11.8. The van der Waals surface area contributed by atoms with Crippen LogP contribution >= 0.6 is 0 Å². The quantitative estimate of drug-likeness (QED) is 0.887. The first kappa shape index (κ1) is 16.7. The second kappa shape index (κ2) is 7.58. The molecule has 1 N–H and O–H groups in total. The average molecular weight is 318 g/mol. The van der Waals surface area contributed by atoms with Crippen LogP contribution in [0.2, 0.25) is 0 Å². The van der Waals surface area contributed by atoms with E-state index in [1.807, 2.05) is 6.92 Å². The molecule has 1 heterocycles. The summed E-state index contributed by atoms with van der Waals surface area (Å²) in [5, 5.41) is 2.70. The van der Waals surface area contributed by atoms with Crippen molar-refractivity contribution in [2.24, 2.45) is 7.05 Å². The zero-order chi connectivity index (χ0) is 16.8. The van der Waals surface area contributed by atoms with Crippen LogP contribution in [-0.4, -0.2) is 23.1 Å². The van der Waals surface area contributed by atoms with Crippen molar-refractivity contribution >= 4 is 5.91 Å². The monoisotopic (exact) mass is 318 g/mol. The Balaban J connectivity index is 1.97. The van der Waals surface area contributed by atoms with Crippen molar-refractivity contribution in [1.82, 2.24) is 9.88 Å². The van der Waals surface area contributed by atoms with Gasteiger partial charge in [-0.3, -0.25) is 9.59 Å². The highest BCUT2D eigenvalue weighted by molar-refractivity contribution is 5.93. The van der Waals surface area contributed by atoms with Crippen molar-refractivity contribution in [2.45, 2.75) is 19.4 Å². The van der Waals surface area contributed by atoms with Crippen molar-refractivity contribution in [1.29, 1.82) is 0 Å². The van der Waals surface area contributed by atoms with E-state index >= 15 is 0 Å². The van der Waals surface area contributed by atoms with Crippen molar-refractivity contribution in [3.05, 3.63) is 64.3 Å². The fraction of sp³-hybridized carbons (Fsp3) is 0.294. The maximum absolute atomic E-state index is 13.6. The molecule has 23 heavy (non-hydrogen) atoms. The number of carbonyl (C=O) groups is 1. The minimum Gasteiger partial charge on any atom is -0.486 e. The molecule has 0 aliphatic heterocycles. The van der Waals surface area contributed by atoms with Crippen LogP contribution in [0.3, 0.4) is 0 Å². The number of halogens is 1. The molecular formula is C17H19FN2O3. The maximum atomic E-state index is 13.6. The van der Waals surface area contributed by atoms with Crippen LogP contribution in [-0.2, 0) is 7.05 Å². The highest BCUT2D eigenvalue weighted by Crippen LogP contribution is 2.17. The lowest BCUT2D eigenvalue weighted by atomic mass is 10.2. The molecule has 0 unspecified atom stereocenters. The second-order valence-electron chi connectivity index (χ2n) is 5.15. The molecule has 1 amide bonds.